The molecule has 2 N–H and O–H groups in total. The second kappa shape index (κ2) is 4.73. The molecule has 56 valence electrons. The molecule has 0 aliphatic rings. The summed E-state index contributed by atoms with van der Waals surface area (Å²) in [5.41, 5.74) is 0. The SMILES string of the molecule is CCN(C)C(O)CCO. The Morgan fingerprint density at radius 2 is 2.11 bits per heavy atom. The van der Waals surface area contributed by atoms with Gasteiger partial charge >= 0.3 is 0 Å². The minimum Gasteiger partial charge on any atom is -0.396 e. The lowest BCUT2D eigenvalue weighted by Crippen LogP contribution is -2.31. The van der Waals surface area contributed by atoms with Crippen LogP contribution in [0.25, 0.3) is 0 Å². The van der Waals surface area contributed by atoms with Crippen molar-refractivity contribution in [3.05, 3.63) is 0 Å². The van der Waals surface area contributed by atoms with Crippen LogP contribution in [-0.4, -0.2) is 41.5 Å². The maximum atomic E-state index is 9.08. The highest BCUT2D eigenvalue weighted by atomic mass is 16.3. The fourth-order valence-electron chi connectivity index (χ4n) is 0.547. The molecule has 1 unspecified atom stereocenters. The molecule has 0 heterocycles. The topological polar surface area (TPSA) is 43.7 Å². The van der Waals surface area contributed by atoms with Crippen LogP contribution in [0.4, 0.5) is 0 Å². The summed E-state index contributed by atoms with van der Waals surface area (Å²) in [5.74, 6) is 0. The average molecular weight is 133 g/mol. The number of rotatable bonds is 4. The van der Waals surface area contributed by atoms with Crippen LogP contribution in [0.3, 0.4) is 0 Å². The lowest BCUT2D eigenvalue weighted by atomic mass is 10.3. The van der Waals surface area contributed by atoms with Gasteiger partial charge in [-0.2, -0.15) is 0 Å². The lowest BCUT2D eigenvalue weighted by molar-refractivity contribution is 0.00713. The molecule has 0 spiro atoms. The summed E-state index contributed by atoms with van der Waals surface area (Å²) in [4.78, 5) is 1.77. The summed E-state index contributed by atoms with van der Waals surface area (Å²) in [5, 5.41) is 17.5. The van der Waals surface area contributed by atoms with Gasteiger partial charge in [0, 0.05) is 13.0 Å². The first-order valence-electron chi connectivity index (χ1n) is 3.21. The van der Waals surface area contributed by atoms with E-state index >= 15 is 0 Å². The fourth-order valence-corrected chi connectivity index (χ4v) is 0.547. The van der Waals surface area contributed by atoms with E-state index in [4.69, 9.17) is 10.2 Å². The van der Waals surface area contributed by atoms with Gasteiger partial charge in [-0.05, 0) is 13.6 Å². The van der Waals surface area contributed by atoms with Gasteiger partial charge in [0.15, 0.2) is 0 Å². The smallest absolute Gasteiger partial charge is 0.109 e. The molecule has 0 aromatic rings. The normalized spacial score (nSPS) is 14.3. The summed E-state index contributed by atoms with van der Waals surface area (Å²) < 4.78 is 0. The van der Waals surface area contributed by atoms with Crippen LogP contribution < -0.4 is 0 Å². The van der Waals surface area contributed by atoms with Gasteiger partial charge in [0.1, 0.15) is 6.23 Å². The second-order valence-corrected chi connectivity index (χ2v) is 2.07. The lowest BCUT2D eigenvalue weighted by Gasteiger charge is -2.20. The molecule has 0 bridgehead atoms. The Kier molecular flexibility index (Phi) is 4.67. The summed E-state index contributed by atoms with van der Waals surface area (Å²) in [7, 11) is 1.82. The van der Waals surface area contributed by atoms with Gasteiger partial charge in [-0.3, -0.25) is 4.90 Å². The fraction of sp³-hybridized carbons (Fsp3) is 1.00. The van der Waals surface area contributed by atoms with Crippen LogP contribution in [0, 0.1) is 0 Å². The largest absolute Gasteiger partial charge is 0.396 e. The molecule has 0 aromatic heterocycles. The number of nitrogens with zero attached hydrogens (tertiary/aromatic N) is 1. The van der Waals surface area contributed by atoms with Crippen LogP contribution in [0.15, 0.2) is 0 Å². The van der Waals surface area contributed by atoms with E-state index in [-0.39, 0.29) is 6.61 Å². The first kappa shape index (κ1) is 8.88. The van der Waals surface area contributed by atoms with Crippen molar-refractivity contribution in [2.24, 2.45) is 0 Å². The molecule has 9 heavy (non-hydrogen) atoms. The van der Waals surface area contributed by atoms with Crippen LogP contribution >= 0.6 is 0 Å². The van der Waals surface area contributed by atoms with Crippen molar-refractivity contribution in [1.29, 1.82) is 0 Å². The Morgan fingerprint density at radius 3 is 2.44 bits per heavy atom. The maximum Gasteiger partial charge on any atom is 0.109 e. The van der Waals surface area contributed by atoms with Crippen LogP contribution in [0.2, 0.25) is 0 Å². The first-order chi connectivity index (χ1) is 4.22. The molecule has 0 radical (unpaired) electrons. The van der Waals surface area contributed by atoms with Crippen molar-refractivity contribution < 1.29 is 10.2 Å². The van der Waals surface area contributed by atoms with Crippen molar-refractivity contribution in [2.75, 3.05) is 20.2 Å². The molecule has 3 heteroatoms. The van der Waals surface area contributed by atoms with Crippen LogP contribution in [-0.2, 0) is 0 Å². The molecule has 0 aliphatic heterocycles. The summed E-state index contributed by atoms with van der Waals surface area (Å²) in [6.07, 6.45) is -0.0513. The monoisotopic (exact) mass is 133 g/mol. The van der Waals surface area contributed by atoms with E-state index in [0.717, 1.165) is 6.54 Å². The first-order valence-corrected chi connectivity index (χ1v) is 3.21. The van der Waals surface area contributed by atoms with Gasteiger partial charge in [-0.25, -0.2) is 0 Å². The number of hydrogen-bond donors (Lipinski definition) is 2. The third-order valence-corrected chi connectivity index (χ3v) is 1.39. The summed E-state index contributed by atoms with van der Waals surface area (Å²) in [6, 6.07) is 0. The highest BCUT2D eigenvalue weighted by molar-refractivity contribution is 4.52. The van der Waals surface area contributed by atoms with Crippen LogP contribution in [0.5, 0.6) is 0 Å². The van der Waals surface area contributed by atoms with E-state index < -0.39 is 6.23 Å². The van der Waals surface area contributed by atoms with Gasteiger partial charge in [-0.15, -0.1) is 0 Å². The van der Waals surface area contributed by atoms with Gasteiger partial charge < -0.3 is 10.2 Å². The molecule has 0 saturated heterocycles. The van der Waals surface area contributed by atoms with E-state index in [9.17, 15) is 0 Å². The molecular weight excluding hydrogens is 118 g/mol. The third kappa shape index (κ3) is 3.46. The molecule has 0 aromatic carbocycles. The Bertz CT molecular complexity index is 68.1. The van der Waals surface area contributed by atoms with E-state index in [0.29, 0.717) is 6.42 Å². The molecule has 0 aliphatic carbocycles. The zero-order valence-corrected chi connectivity index (χ0v) is 6.04. The molecule has 1 atom stereocenters. The highest BCUT2D eigenvalue weighted by Crippen LogP contribution is 1.94. The third-order valence-electron chi connectivity index (χ3n) is 1.39. The maximum absolute atomic E-state index is 9.08. The summed E-state index contributed by atoms with van der Waals surface area (Å²) >= 11 is 0. The Hall–Kier alpha value is -0.120. The van der Waals surface area contributed by atoms with Crippen molar-refractivity contribution in [2.45, 2.75) is 19.6 Å². The van der Waals surface area contributed by atoms with Crippen LogP contribution in [0.1, 0.15) is 13.3 Å². The van der Waals surface area contributed by atoms with Crippen molar-refractivity contribution in [3.8, 4) is 0 Å². The second-order valence-electron chi connectivity index (χ2n) is 2.07. The molecule has 0 fully saturated rings. The molecule has 0 rings (SSSR count). The quantitative estimate of drug-likeness (QED) is 0.515. The molecule has 3 nitrogen and oxygen atoms in total. The predicted octanol–water partition coefficient (Wildman–Crippen LogP) is -0.361. The minimum atomic E-state index is -0.486. The Balaban J connectivity index is 3.32. The number of aliphatic hydroxyl groups excluding tert-OH is 2. The summed E-state index contributed by atoms with van der Waals surface area (Å²) in [6.45, 7) is 2.81. The molecule has 0 amide bonds. The van der Waals surface area contributed by atoms with Gasteiger partial charge in [0.05, 0.1) is 0 Å². The van der Waals surface area contributed by atoms with E-state index in [1.54, 1.807) is 4.90 Å². The molecular formula is C6H15NO2. The zero-order chi connectivity index (χ0) is 7.28. The van der Waals surface area contributed by atoms with Gasteiger partial charge in [0.25, 0.3) is 0 Å². The van der Waals surface area contributed by atoms with E-state index in [1.165, 1.54) is 0 Å². The van der Waals surface area contributed by atoms with Crippen molar-refractivity contribution in [1.82, 2.24) is 4.90 Å². The zero-order valence-electron chi connectivity index (χ0n) is 6.04. The highest BCUT2D eigenvalue weighted by Gasteiger charge is 2.06. The number of hydrogen-bond acceptors (Lipinski definition) is 3. The van der Waals surface area contributed by atoms with Crippen molar-refractivity contribution in [3.63, 3.8) is 0 Å². The van der Waals surface area contributed by atoms with Gasteiger partial charge in [0.2, 0.25) is 0 Å². The van der Waals surface area contributed by atoms with Gasteiger partial charge in [-0.1, -0.05) is 6.92 Å². The standard InChI is InChI=1S/C6H15NO2/c1-3-7(2)6(9)4-5-8/h6,8-9H,3-5H2,1-2H3. The number of aliphatic hydroxyl groups is 2. The van der Waals surface area contributed by atoms with Crippen molar-refractivity contribution >= 4 is 0 Å². The van der Waals surface area contributed by atoms with E-state index in [1.807, 2.05) is 14.0 Å². The predicted molar refractivity (Wildman–Crippen MR) is 36.0 cm³/mol. The average Bonchev–Trinajstić information content (AvgIpc) is 1.87. The Morgan fingerprint density at radius 1 is 1.56 bits per heavy atom. The Labute approximate surface area is 55.9 Å². The van der Waals surface area contributed by atoms with E-state index in [2.05, 4.69) is 0 Å². The molecule has 0 saturated carbocycles. The minimum absolute atomic E-state index is 0.0471.